The normalized spacial score (nSPS) is 22.7. The summed E-state index contributed by atoms with van der Waals surface area (Å²) in [4.78, 5) is 19.8. The van der Waals surface area contributed by atoms with Crippen LogP contribution in [0.3, 0.4) is 0 Å². The van der Waals surface area contributed by atoms with E-state index in [0.717, 1.165) is 18.3 Å². The Hall–Kier alpha value is -3.41. The number of ether oxygens (including phenoxy) is 2. The third-order valence-corrected chi connectivity index (χ3v) is 6.31. The lowest BCUT2D eigenvalue weighted by Crippen LogP contribution is -2.77. The van der Waals surface area contributed by atoms with E-state index >= 15 is 0 Å². The van der Waals surface area contributed by atoms with Crippen molar-refractivity contribution in [2.45, 2.75) is 43.0 Å². The number of halogens is 5. The van der Waals surface area contributed by atoms with Crippen LogP contribution in [-0.2, 0) is 23.0 Å². The van der Waals surface area contributed by atoms with Crippen LogP contribution in [0.25, 0.3) is 0 Å². The fourth-order valence-corrected chi connectivity index (χ4v) is 4.64. The van der Waals surface area contributed by atoms with Crippen LogP contribution in [-0.4, -0.2) is 33.2 Å². The van der Waals surface area contributed by atoms with Crippen LogP contribution in [0.4, 0.5) is 17.6 Å². The number of alkyl halides is 3. The molecule has 1 amide bonds. The van der Waals surface area contributed by atoms with E-state index in [1.54, 1.807) is 0 Å². The zero-order valence-corrected chi connectivity index (χ0v) is 18.6. The fraction of sp³-hybridized carbons (Fsp3) is 0.364. The first-order valence-corrected chi connectivity index (χ1v) is 10.8. The van der Waals surface area contributed by atoms with E-state index in [1.807, 2.05) is 0 Å². The van der Waals surface area contributed by atoms with Crippen molar-refractivity contribution in [1.82, 2.24) is 20.4 Å². The van der Waals surface area contributed by atoms with E-state index < -0.39 is 17.7 Å². The number of carbonyl (C=O) groups is 1. The topological polar surface area (TPSA) is 99.4 Å². The van der Waals surface area contributed by atoms with Gasteiger partial charge in [-0.15, -0.1) is 0 Å². The van der Waals surface area contributed by atoms with Gasteiger partial charge in [0.25, 0.3) is 5.91 Å². The van der Waals surface area contributed by atoms with Gasteiger partial charge in [-0.1, -0.05) is 16.8 Å². The molecule has 13 heteroatoms. The van der Waals surface area contributed by atoms with Crippen LogP contribution < -0.4 is 14.8 Å². The van der Waals surface area contributed by atoms with Gasteiger partial charge in [0.1, 0.15) is 23.0 Å². The number of rotatable bonds is 8. The maximum absolute atomic E-state index is 13.5. The molecule has 2 bridgehead atoms. The molecule has 184 valence electrons. The van der Waals surface area contributed by atoms with E-state index in [-0.39, 0.29) is 52.4 Å². The fourth-order valence-electron chi connectivity index (χ4n) is 4.53. The molecule has 1 aromatic carbocycles. The van der Waals surface area contributed by atoms with E-state index in [2.05, 4.69) is 20.4 Å². The maximum Gasteiger partial charge on any atom is 0.433 e. The predicted octanol–water partition coefficient (Wildman–Crippen LogP) is 4.22. The molecule has 0 saturated heterocycles. The number of pyridine rings is 1. The molecule has 0 unspecified atom stereocenters. The molecule has 0 radical (unpaired) electrons. The SMILES string of the molecule is O=C(COc1ccc(Cl)c(F)c1)NC12CC(c3nc(COc4ccnc(C(F)(F)F)c4)no3)(C1)C2. The summed E-state index contributed by atoms with van der Waals surface area (Å²) in [5.74, 6) is -0.221. The van der Waals surface area contributed by atoms with Gasteiger partial charge in [0.15, 0.2) is 13.2 Å². The Bertz CT molecular complexity index is 1260. The summed E-state index contributed by atoms with van der Waals surface area (Å²) in [5.41, 5.74) is -1.79. The Morgan fingerprint density at radius 1 is 1.14 bits per heavy atom. The first-order valence-electron chi connectivity index (χ1n) is 10.4. The summed E-state index contributed by atoms with van der Waals surface area (Å²) in [6.45, 7) is -0.450. The standard InChI is InChI=1S/C22H17ClF4N4O4/c23-14-2-1-12(5-15(14)24)34-8-18(32)30-21-9-20(10-21,11-21)19-29-17(31-35-19)7-33-13-3-4-28-16(6-13)22(25,26)27/h1-6H,7-11H2,(H,30,32). The van der Waals surface area contributed by atoms with Crippen molar-refractivity contribution >= 4 is 17.5 Å². The Morgan fingerprint density at radius 3 is 2.60 bits per heavy atom. The molecular weight excluding hydrogens is 496 g/mol. The number of hydrogen-bond acceptors (Lipinski definition) is 7. The van der Waals surface area contributed by atoms with E-state index in [1.165, 1.54) is 18.2 Å². The summed E-state index contributed by atoms with van der Waals surface area (Å²) < 4.78 is 67.7. The minimum Gasteiger partial charge on any atom is -0.485 e. The second-order valence-corrected chi connectivity index (χ2v) is 9.09. The average molecular weight is 513 g/mol. The minimum absolute atomic E-state index is 0.0191. The first-order chi connectivity index (χ1) is 16.6. The van der Waals surface area contributed by atoms with Gasteiger partial charge in [0.2, 0.25) is 11.7 Å². The first kappa shape index (κ1) is 23.3. The predicted molar refractivity (Wildman–Crippen MR) is 111 cm³/mol. The molecule has 8 nitrogen and oxygen atoms in total. The van der Waals surface area contributed by atoms with Crippen molar-refractivity contribution in [2.75, 3.05) is 6.61 Å². The molecular formula is C22H17ClF4N4O4. The maximum atomic E-state index is 13.5. The third-order valence-electron chi connectivity index (χ3n) is 6.01. The Labute approximate surface area is 200 Å². The number of aromatic nitrogens is 3. The number of hydrogen-bond donors (Lipinski definition) is 1. The van der Waals surface area contributed by atoms with Gasteiger partial charge in [-0.3, -0.25) is 9.78 Å². The number of nitrogens with one attached hydrogen (secondary N) is 1. The summed E-state index contributed by atoms with van der Waals surface area (Å²) >= 11 is 5.62. The largest absolute Gasteiger partial charge is 0.485 e. The van der Waals surface area contributed by atoms with Crippen LogP contribution in [0.2, 0.25) is 5.02 Å². The zero-order chi connectivity index (χ0) is 24.8. The highest BCUT2D eigenvalue weighted by atomic mass is 35.5. The van der Waals surface area contributed by atoms with E-state index in [0.29, 0.717) is 25.2 Å². The molecule has 0 atom stereocenters. The molecule has 3 saturated carbocycles. The molecule has 3 aliphatic carbocycles. The van der Waals surface area contributed by atoms with Crippen molar-refractivity contribution in [3.63, 3.8) is 0 Å². The van der Waals surface area contributed by atoms with Gasteiger partial charge in [0.05, 0.1) is 10.4 Å². The highest BCUT2D eigenvalue weighted by Gasteiger charge is 2.72. The quantitative estimate of drug-likeness (QED) is 0.451. The summed E-state index contributed by atoms with van der Waals surface area (Å²) in [6.07, 6.45) is -1.77. The molecule has 3 fully saturated rings. The van der Waals surface area contributed by atoms with Crippen LogP contribution in [0, 0.1) is 5.82 Å². The molecule has 6 rings (SSSR count). The van der Waals surface area contributed by atoms with Crippen molar-refractivity contribution < 1.29 is 36.4 Å². The molecule has 3 aliphatic rings. The highest BCUT2D eigenvalue weighted by Crippen LogP contribution is 2.67. The van der Waals surface area contributed by atoms with Crippen LogP contribution in [0.15, 0.2) is 41.1 Å². The van der Waals surface area contributed by atoms with Crippen LogP contribution >= 0.6 is 11.6 Å². The highest BCUT2D eigenvalue weighted by molar-refractivity contribution is 6.30. The van der Waals surface area contributed by atoms with Crippen LogP contribution in [0.1, 0.15) is 36.7 Å². The van der Waals surface area contributed by atoms with Crippen molar-refractivity contribution in [1.29, 1.82) is 0 Å². The molecule has 35 heavy (non-hydrogen) atoms. The molecule has 2 heterocycles. The molecule has 2 aromatic heterocycles. The Morgan fingerprint density at radius 2 is 1.89 bits per heavy atom. The molecule has 0 aliphatic heterocycles. The summed E-state index contributed by atoms with van der Waals surface area (Å²) in [5, 5.41) is 6.73. The number of benzene rings is 1. The number of carbonyl (C=O) groups excluding carboxylic acids is 1. The third kappa shape index (κ3) is 4.62. The number of amides is 1. The summed E-state index contributed by atoms with van der Waals surface area (Å²) in [6, 6.07) is 6.01. The smallest absolute Gasteiger partial charge is 0.433 e. The summed E-state index contributed by atoms with van der Waals surface area (Å²) in [7, 11) is 0. The van der Waals surface area contributed by atoms with Gasteiger partial charge in [-0.25, -0.2) is 4.39 Å². The minimum atomic E-state index is -4.58. The Kier molecular flexibility index (Phi) is 5.58. The van der Waals surface area contributed by atoms with Crippen molar-refractivity contribution in [3.05, 3.63) is 64.8 Å². The van der Waals surface area contributed by atoms with E-state index in [9.17, 15) is 22.4 Å². The lowest BCUT2D eigenvalue weighted by Gasteiger charge is -2.68. The van der Waals surface area contributed by atoms with E-state index in [4.69, 9.17) is 25.6 Å². The van der Waals surface area contributed by atoms with Gasteiger partial charge in [-0.05, 0) is 37.5 Å². The Balaban J connectivity index is 1.10. The van der Waals surface area contributed by atoms with Gasteiger partial charge in [0, 0.05) is 23.9 Å². The van der Waals surface area contributed by atoms with Crippen molar-refractivity contribution in [3.8, 4) is 11.5 Å². The lowest BCUT2D eigenvalue weighted by molar-refractivity contribution is -0.144. The lowest BCUT2D eigenvalue weighted by atomic mass is 9.39. The average Bonchev–Trinajstić information content (AvgIpc) is 3.23. The molecule has 0 spiro atoms. The van der Waals surface area contributed by atoms with Crippen molar-refractivity contribution in [2.24, 2.45) is 0 Å². The second-order valence-electron chi connectivity index (χ2n) is 8.68. The molecule has 3 aromatic rings. The van der Waals surface area contributed by atoms with Gasteiger partial charge >= 0.3 is 6.18 Å². The van der Waals surface area contributed by atoms with Crippen LogP contribution in [0.5, 0.6) is 11.5 Å². The van der Waals surface area contributed by atoms with Gasteiger partial charge < -0.3 is 19.3 Å². The molecule has 1 N–H and O–H groups in total. The van der Waals surface area contributed by atoms with Gasteiger partial charge in [-0.2, -0.15) is 18.2 Å². The number of nitrogens with zero attached hydrogens (tertiary/aromatic N) is 3. The monoisotopic (exact) mass is 512 g/mol. The zero-order valence-electron chi connectivity index (χ0n) is 17.9. The second kappa shape index (κ2) is 8.36.